The van der Waals surface area contributed by atoms with Gasteiger partial charge in [0.25, 0.3) is 5.91 Å². The van der Waals surface area contributed by atoms with E-state index in [1.54, 1.807) is 12.1 Å². The summed E-state index contributed by atoms with van der Waals surface area (Å²) in [5.41, 5.74) is 1.34. The lowest BCUT2D eigenvalue weighted by Gasteiger charge is -2.42. The largest absolute Gasteiger partial charge is 0.465 e. The highest BCUT2D eigenvalue weighted by Gasteiger charge is 2.38. The van der Waals surface area contributed by atoms with Crippen LogP contribution in [0, 0.1) is 0 Å². The second-order valence-electron chi connectivity index (χ2n) is 5.84. The lowest BCUT2D eigenvalue weighted by molar-refractivity contribution is 0.0606. The Labute approximate surface area is 139 Å². The molecule has 5 heteroatoms. The van der Waals surface area contributed by atoms with Gasteiger partial charge in [-0.1, -0.05) is 36.8 Å². The molecular weight excluding hydrogens is 310 g/mol. The Bertz CT molecular complexity index is 704. The Hall–Kier alpha value is -2.14. The standard InChI is InChI=1S/C18H19NO3S/c1-22-17(21)15-9-8-14(23-15)16(20)19-12-18(10-5-11-18)13-6-3-2-4-7-13/h2-4,6-9H,5,10-12H2,1H3,(H,19,20). The highest BCUT2D eigenvalue weighted by atomic mass is 32.1. The summed E-state index contributed by atoms with van der Waals surface area (Å²) < 4.78 is 4.67. The van der Waals surface area contributed by atoms with Crippen LogP contribution in [0.25, 0.3) is 0 Å². The van der Waals surface area contributed by atoms with Gasteiger partial charge in [0.05, 0.1) is 12.0 Å². The van der Waals surface area contributed by atoms with Gasteiger partial charge in [-0.3, -0.25) is 4.79 Å². The maximum Gasteiger partial charge on any atom is 0.348 e. The molecule has 1 aromatic carbocycles. The number of hydrogen-bond donors (Lipinski definition) is 1. The highest BCUT2D eigenvalue weighted by molar-refractivity contribution is 7.15. The number of nitrogens with one attached hydrogen (secondary N) is 1. The van der Waals surface area contributed by atoms with E-state index in [2.05, 4.69) is 22.2 Å². The van der Waals surface area contributed by atoms with Crippen LogP contribution in [0.15, 0.2) is 42.5 Å². The highest BCUT2D eigenvalue weighted by Crippen LogP contribution is 2.43. The molecule has 1 N–H and O–H groups in total. The van der Waals surface area contributed by atoms with E-state index >= 15 is 0 Å². The average molecular weight is 329 g/mol. The van der Waals surface area contributed by atoms with Crippen molar-refractivity contribution in [1.82, 2.24) is 5.32 Å². The van der Waals surface area contributed by atoms with Crippen molar-refractivity contribution >= 4 is 23.2 Å². The van der Waals surface area contributed by atoms with Crippen LogP contribution in [0.4, 0.5) is 0 Å². The van der Waals surface area contributed by atoms with Gasteiger partial charge < -0.3 is 10.1 Å². The lowest BCUT2D eigenvalue weighted by Crippen LogP contribution is -2.45. The predicted octanol–water partition coefficient (Wildman–Crippen LogP) is 3.39. The molecule has 23 heavy (non-hydrogen) atoms. The molecule has 1 aliphatic carbocycles. The van der Waals surface area contributed by atoms with Gasteiger partial charge >= 0.3 is 5.97 Å². The second kappa shape index (κ2) is 6.54. The average Bonchev–Trinajstić information content (AvgIpc) is 3.04. The van der Waals surface area contributed by atoms with Crippen molar-refractivity contribution in [2.24, 2.45) is 0 Å². The first-order valence-electron chi connectivity index (χ1n) is 7.66. The van der Waals surface area contributed by atoms with E-state index in [-0.39, 0.29) is 11.3 Å². The molecule has 0 unspecified atom stereocenters. The van der Waals surface area contributed by atoms with E-state index in [0.29, 0.717) is 16.3 Å². The van der Waals surface area contributed by atoms with E-state index in [1.165, 1.54) is 19.1 Å². The summed E-state index contributed by atoms with van der Waals surface area (Å²) in [6, 6.07) is 13.6. The quantitative estimate of drug-likeness (QED) is 0.856. The van der Waals surface area contributed by atoms with E-state index in [1.807, 2.05) is 18.2 Å². The molecule has 120 valence electrons. The zero-order valence-corrected chi connectivity index (χ0v) is 13.8. The molecular formula is C18H19NO3S. The number of thiophene rings is 1. The van der Waals surface area contributed by atoms with Crippen molar-refractivity contribution < 1.29 is 14.3 Å². The van der Waals surface area contributed by atoms with Crippen LogP contribution in [0.2, 0.25) is 0 Å². The van der Waals surface area contributed by atoms with Gasteiger partial charge in [-0.15, -0.1) is 11.3 Å². The number of carbonyl (C=O) groups excluding carboxylic acids is 2. The first kappa shape index (κ1) is 15.7. The predicted molar refractivity (Wildman–Crippen MR) is 90.0 cm³/mol. The molecule has 1 heterocycles. The summed E-state index contributed by atoms with van der Waals surface area (Å²) >= 11 is 1.16. The van der Waals surface area contributed by atoms with E-state index in [0.717, 1.165) is 24.2 Å². The third-order valence-electron chi connectivity index (χ3n) is 4.50. The lowest BCUT2D eigenvalue weighted by atomic mass is 9.64. The van der Waals surface area contributed by atoms with Gasteiger partial charge in [-0.05, 0) is 30.5 Å². The van der Waals surface area contributed by atoms with Gasteiger partial charge in [0.2, 0.25) is 0 Å². The first-order chi connectivity index (χ1) is 11.1. The topological polar surface area (TPSA) is 55.4 Å². The Morgan fingerprint density at radius 2 is 1.83 bits per heavy atom. The molecule has 0 radical (unpaired) electrons. The van der Waals surface area contributed by atoms with Gasteiger partial charge in [0.1, 0.15) is 4.88 Å². The monoisotopic (exact) mass is 329 g/mol. The van der Waals surface area contributed by atoms with Gasteiger partial charge in [0.15, 0.2) is 0 Å². The number of methoxy groups -OCH3 is 1. The molecule has 4 nitrogen and oxygen atoms in total. The summed E-state index contributed by atoms with van der Waals surface area (Å²) in [5, 5.41) is 3.03. The van der Waals surface area contributed by atoms with Gasteiger partial charge in [-0.25, -0.2) is 4.79 Å². The van der Waals surface area contributed by atoms with Crippen LogP contribution in [0.5, 0.6) is 0 Å². The van der Waals surface area contributed by atoms with Crippen molar-refractivity contribution in [3.63, 3.8) is 0 Å². The molecule has 1 saturated carbocycles. The smallest absolute Gasteiger partial charge is 0.348 e. The van der Waals surface area contributed by atoms with Crippen LogP contribution < -0.4 is 5.32 Å². The molecule has 1 aromatic heterocycles. The minimum atomic E-state index is -0.409. The molecule has 0 saturated heterocycles. The summed E-state index contributed by atoms with van der Waals surface area (Å²) in [7, 11) is 1.34. The molecule has 0 bridgehead atoms. The Balaban J connectivity index is 1.66. The number of ether oxygens (including phenoxy) is 1. The first-order valence-corrected chi connectivity index (χ1v) is 8.48. The number of amides is 1. The van der Waals surface area contributed by atoms with E-state index < -0.39 is 5.97 Å². The van der Waals surface area contributed by atoms with E-state index in [9.17, 15) is 9.59 Å². The second-order valence-corrected chi connectivity index (χ2v) is 6.92. The fourth-order valence-corrected chi connectivity index (χ4v) is 3.81. The van der Waals surface area contributed by atoms with Crippen molar-refractivity contribution in [1.29, 1.82) is 0 Å². The van der Waals surface area contributed by atoms with Crippen LogP contribution >= 0.6 is 11.3 Å². The number of benzene rings is 1. The maximum absolute atomic E-state index is 12.3. The van der Waals surface area contributed by atoms with Crippen LogP contribution in [0.3, 0.4) is 0 Å². The zero-order valence-electron chi connectivity index (χ0n) is 13.0. The Kier molecular flexibility index (Phi) is 4.48. The molecule has 1 amide bonds. The van der Waals surface area contributed by atoms with Crippen molar-refractivity contribution in [3.05, 3.63) is 57.8 Å². The third kappa shape index (κ3) is 3.15. The zero-order chi connectivity index (χ0) is 16.3. The molecule has 0 spiro atoms. The van der Waals surface area contributed by atoms with E-state index in [4.69, 9.17) is 0 Å². The summed E-state index contributed by atoms with van der Waals surface area (Å²) in [5.74, 6) is -0.541. The van der Waals surface area contributed by atoms with Gasteiger partial charge in [0, 0.05) is 12.0 Å². The van der Waals surface area contributed by atoms with Crippen molar-refractivity contribution in [2.75, 3.05) is 13.7 Å². The van der Waals surface area contributed by atoms with Crippen LogP contribution in [-0.4, -0.2) is 25.5 Å². The molecule has 1 aliphatic rings. The summed E-state index contributed by atoms with van der Waals surface area (Å²) in [6.45, 7) is 0.626. The number of carbonyl (C=O) groups is 2. The molecule has 2 aromatic rings. The molecule has 0 aliphatic heterocycles. The Morgan fingerprint density at radius 1 is 1.13 bits per heavy atom. The summed E-state index contributed by atoms with van der Waals surface area (Å²) in [4.78, 5) is 24.8. The minimum Gasteiger partial charge on any atom is -0.465 e. The minimum absolute atomic E-state index is 0.0549. The Morgan fingerprint density at radius 3 is 2.43 bits per heavy atom. The maximum atomic E-state index is 12.3. The number of esters is 1. The molecule has 0 atom stereocenters. The molecule has 3 rings (SSSR count). The fourth-order valence-electron chi connectivity index (χ4n) is 2.97. The fraction of sp³-hybridized carbons (Fsp3) is 0.333. The summed E-state index contributed by atoms with van der Waals surface area (Å²) in [6.07, 6.45) is 3.38. The van der Waals surface area contributed by atoms with Crippen molar-refractivity contribution in [3.8, 4) is 0 Å². The SMILES string of the molecule is COC(=O)c1ccc(C(=O)NCC2(c3ccccc3)CCC2)s1. The number of rotatable bonds is 5. The van der Waals surface area contributed by atoms with Gasteiger partial charge in [-0.2, -0.15) is 0 Å². The number of hydrogen-bond acceptors (Lipinski definition) is 4. The van der Waals surface area contributed by atoms with Crippen molar-refractivity contribution in [2.45, 2.75) is 24.7 Å². The molecule has 1 fully saturated rings. The van der Waals surface area contributed by atoms with Crippen LogP contribution in [-0.2, 0) is 10.2 Å². The normalized spacial score (nSPS) is 15.5. The van der Waals surface area contributed by atoms with Crippen LogP contribution in [0.1, 0.15) is 44.2 Å². The third-order valence-corrected chi connectivity index (χ3v) is 5.56.